The van der Waals surface area contributed by atoms with Crippen LogP contribution in [0, 0.1) is 5.92 Å². The third-order valence-electron chi connectivity index (χ3n) is 3.26. The van der Waals surface area contributed by atoms with Crippen LogP contribution in [-0.4, -0.2) is 47.7 Å². The van der Waals surface area contributed by atoms with Gasteiger partial charge in [0.05, 0.1) is 11.5 Å². The number of nitrogens with zero attached hydrogens (tertiary/aromatic N) is 1. The highest BCUT2D eigenvalue weighted by Gasteiger charge is 2.49. The molecule has 1 N–H and O–H groups in total. The molecule has 0 aromatic carbocycles. The van der Waals surface area contributed by atoms with Crippen molar-refractivity contribution in [3.63, 3.8) is 0 Å². The summed E-state index contributed by atoms with van der Waals surface area (Å²) in [6.45, 7) is 4.76. The maximum Gasteiger partial charge on any atom is 0.309 e. The molecule has 1 rings (SSSR count). The van der Waals surface area contributed by atoms with Gasteiger partial charge >= 0.3 is 5.97 Å². The number of likely N-dealkylation sites (tertiary alicyclic amines) is 1. The van der Waals surface area contributed by atoms with Crippen molar-refractivity contribution in [3.05, 3.63) is 0 Å². The van der Waals surface area contributed by atoms with Crippen LogP contribution in [0.5, 0.6) is 0 Å². The Morgan fingerprint density at radius 1 is 1.62 bits per heavy atom. The first-order chi connectivity index (χ1) is 7.41. The topological polar surface area (TPSA) is 66.8 Å². The molecule has 1 saturated heterocycles. The van der Waals surface area contributed by atoms with Crippen LogP contribution < -0.4 is 0 Å². The average Bonchev–Trinajstić information content (AvgIpc) is 2.40. The Morgan fingerprint density at radius 3 is 2.69 bits per heavy atom. The molecule has 16 heavy (non-hydrogen) atoms. The van der Waals surface area contributed by atoms with Crippen LogP contribution in [0.1, 0.15) is 26.7 Å². The average molecular weight is 229 g/mol. The van der Waals surface area contributed by atoms with Crippen molar-refractivity contribution in [3.8, 4) is 0 Å². The normalized spacial score (nSPS) is 23.8. The SMILES string of the molecule is COCCCN1C(=O)CC(C(=O)O)C1(C)C. The van der Waals surface area contributed by atoms with Gasteiger partial charge in [0.2, 0.25) is 5.91 Å². The summed E-state index contributed by atoms with van der Waals surface area (Å²) in [5.74, 6) is -1.58. The first-order valence-electron chi connectivity index (χ1n) is 5.43. The summed E-state index contributed by atoms with van der Waals surface area (Å²) in [6, 6.07) is 0. The minimum absolute atomic E-state index is 0.0755. The van der Waals surface area contributed by atoms with Crippen LogP contribution >= 0.6 is 0 Å². The van der Waals surface area contributed by atoms with Gasteiger partial charge in [-0.15, -0.1) is 0 Å². The number of hydrogen-bond donors (Lipinski definition) is 1. The van der Waals surface area contributed by atoms with E-state index in [0.29, 0.717) is 13.2 Å². The van der Waals surface area contributed by atoms with Crippen LogP contribution in [-0.2, 0) is 14.3 Å². The second-order valence-corrected chi connectivity index (χ2v) is 4.64. The van der Waals surface area contributed by atoms with Gasteiger partial charge in [0.1, 0.15) is 0 Å². The van der Waals surface area contributed by atoms with Crippen molar-refractivity contribution < 1.29 is 19.4 Å². The summed E-state index contributed by atoms with van der Waals surface area (Å²) >= 11 is 0. The molecular formula is C11H19NO4. The Bertz CT molecular complexity index is 288. The van der Waals surface area contributed by atoms with Crippen LogP contribution in [0.15, 0.2) is 0 Å². The smallest absolute Gasteiger partial charge is 0.309 e. The highest BCUT2D eigenvalue weighted by molar-refractivity contribution is 5.88. The van der Waals surface area contributed by atoms with Gasteiger partial charge in [-0.3, -0.25) is 9.59 Å². The molecule has 92 valence electrons. The maximum absolute atomic E-state index is 11.7. The van der Waals surface area contributed by atoms with Crippen molar-refractivity contribution in [2.45, 2.75) is 32.2 Å². The fourth-order valence-corrected chi connectivity index (χ4v) is 2.21. The Hall–Kier alpha value is -1.10. The van der Waals surface area contributed by atoms with Gasteiger partial charge in [-0.05, 0) is 20.3 Å². The molecule has 0 saturated carbocycles. The number of carbonyl (C=O) groups excluding carboxylic acids is 1. The number of carboxylic acid groups (broad SMARTS) is 1. The van der Waals surface area contributed by atoms with E-state index in [4.69, 9.17) is 9.84 Å². The molecule has 0 aromatic heterocycles. The Balaban J connectivity index is 2.70. The van der Waals surface area contributed by atoms with Gasteiger partial charge in [0.25, 0.3) is 0 Å². The zero-order chi connectivity index (χ0) is 12.3. The number of carbonyl (C=O) groups is 2. The first-order valence-corrected chi connectivity index (χ1v) is 5.43. The van der Waals surface area contributed by atoms with E-state index >= 15 is 0 Å². The summed E-state index contributed by atoms with van der Waals surface area (Å²) in [6.07, 6.45) is 0.841. The molecule has 1 fully saturated rings. The van der Waals surface area contributed by atoms with Crippen molar-refractivity contribution in [2.24, 2.45) is 5.92 Å². The lowest BCUT2D eigenvalue weighted by Crippen LogP contribution is -2.46. The molecule has 0 radical (unpaired) electrons. The van der Waals surface area contributed by atoms with Gasteiger partial charge in [-0.1, -0.05) is 0 Å². The van der Waals surface area contributed by atoms with E-state index in [0.717, 1.165) is 6.42 Å². The van der Waals surface area contributed by atoms with Gasteiger partial charge in [0, 0.05) is 26.7 Å². The fraction of sp³-hybridized carbons (Fsp3) is 0.818. The van der Waals surface area contributed by atoms with E-state index in [2.05, 4.69) is 0 Å². The fourth-order valence-electron chi connectivity index (χ4n) is 2.21. The Morgan fingerprint density at radius 2 is 2.25 bits per heavy atom. The predicted molar refractivity (Wildman–Crippen MR) is 58.0 cm³/mol. The highest BCUT2D eigenvalue weighted by Crippen LogP contribution is 2.35. The molecule has 1 aliphatic rings. The molecule has 1 atom stereocenters. The second kappa shape index (κ2) is 4.82. The minimum atomic E-state index is -0.896. The molecule has 1 aliphatic heterocycles. The zero-order valence-electron chi connectivity index (χ0n) is 10.0. The largest absolute Gasteiger partial charge is 0.481 e. The quantitative estimate of drug-likeness (QED) is 0.706. The number of methoxy groups -OCH3 is 1. The lowest BCUT2D eigenvalue weighted by Gasteiger charge is -2.34. The molecular weight excluding hydrogens is 210 g/mol. The number of amides is 1. The Kier molecular flexibility index (Phi) is 3.91. The van der Waals surface area contributed by atoms with Crippen molar-refractivity contribution in [1.29, 1.82) is 0 Å². The molecule has 0 aliphatic carbocycles. The third-order valence-corrected chi connectivity index (χ3v) is 3.26. The van der Waals surface area contributed by atoms with E-state index in [1.54, 1.807) is 12.0 Å². The van der Waals surface area contributed by atoms with Crippen LogP contribution in [0.4, 0.5) is 0 Å². The van der Waals surface area contributed by atoms with Crippen molar-refractivity contribution in [2.75, 3.05) is 20.3 Å². The zero-order valence-corrected chi connectivity index (χ0v) is 10.0. The Labute approximate surface area is 95.4 Å². The van der Waals surface area contributed by atoms with Gasteiger partial charge in [0.15, 0.2) is 0 Å². The van der Waals surface area contributed by atoms with Crippen molar-refractivity contribution in [1.82, 2.24) is 4.90 Å². The second-order valence-electron chi connectivity index (χ2n) is 4.64. The monoisotopic (exact) mass is 229 g/mol. The maximum atomic E-state index is 11.7. The number of aliphatic carboxylic acids is 1. The van der Waals surface area contributed by atoms with Crippen LogP contribution in [0.25, 0.3) is 0 Å². The van der Waals surface area contributed by atoms with E-state index < -0.39 is 17.4 Å². The lowest BCUT2D eigenvalue weighted by molar-refractivity contribution is -0.144. The number of rotatable bonds is 5. The number of ether oxygens (including phenoxy) is 1. The summed E-state index contributed by atoms with van der Waals surface area (Å²) in [7, 11) is 1.61. The standard InChI is InChI=1S/C11H19NO4/c1-11(2)8(10(14)15)7-9(13)12(11)5-4-6-16-3/h8H,4-7H2,1-3H3,(H,14,15). The lowest BCUT2D eigenvalue weighted by atomic mass is 9.88. The summed E-state index contributed by atoms with van der Waals surface area (Å²) < 4.78 is 4.93. The predicted octanol–water partition coefficient (Wildman–Crippen LogP) is 0.735. The van der Waals surface area contributed by atoms with E-state index in [-0.39, 0.29) is 12.3 Å². The van der Waals surface area contributed by atoms with E-state index in [1.807, 2.05) is 13.8 Å². The summed E-state index contributed by atoms with van der Waals surface area (Å²) in [5.41, 5.74) is -0.601. The molecule has 0 aromatic rings. The van der Waals surface area contributed by atoms with Gasteiger partial charge in [-0.25, -0.2) is 0 Å². The van der Waals surface area contributed by atoms with Gasteiger partial charge in [-0.2, -0.15) is 0 Å². The highest BCUT2D eigenvalue weighted by atomic mass is 16.5. The first kappa shape index (κ1) is 13.0. The van der Waals surface area contributed by atoms with Crippen LogP contribution in [0.3, 0.4) is 0 Å². The molecule has 0 bridgehead atoms. The third kappa shape index (κ3) is 2.35. The molecule has 1 amide bonds. The number of hydrogen-bond acceptors (Lipinski definition) is 3. The minimum Gasteiger partial charge on any atom is -0.481 e. The molecule has 0 spiro atoms. The van der Waals surface area contributed by atoms with E-state index in [1.165, 1.54) is 0 Å². The summed E-state index contributed by atoms with van der Waals surface area (Å²) in [4.78, 5) is 24.4. The molecule has 5 heteroatoms. The molecule has 1 heterocycles. The summed E-state index contributed by atoms with van der Waals surface area (Å²) in [5, 5.41) is 9.05. The van der Waals surface area contributed by atoms with Crippen molar-refractivity contribution >= 4 is 11.9 Å². The number of carboxylic acids is 1. The van der Waals surface area contributed by atoms with Gasteiger partial charge < -0.3 is 14.7 Å². The van der Waals surface area contributed by atoms with Crippen LogP contribution in [0.2, 0.25) is 0 Å². The molecule has 5 nitrogen and oxygen atoms in total. The van der Waals surface area contributed by atoms with E-state index in [9.17, 15) is 9.59 Å². The molecule has 1 unspecified atom stereocenters.